The molecule has 7 nitrogen and oxygen atoms in total. The largest absolute Gasteiger partial charge is 0.385 e. The minimum Gasteiger partial charge on any atom is -0.385 e. The molecular formula is C32H39N5O2. The highest BCUT2D eigenvalue weighted by atomic mass is 16.5. The third kappa shape index (κ3) is 6.00. The summed E-state index contributed by atoms with van der Waals surface area (Å²) in [7, 11) is 1.71. The van der Waals surface area contributed by atoms with E-state index in [0.717, 1.165) is 72.7 Å². The number of amides is 1. The van der Waals surface area contributed by atoms with Crippen LogP contribution in [0.5, 0.6) is 0 Å². The zero-order valence-electron chi connectivity index (χ0n) is 23.3. The average Bonchev–Trinajstić information content (AvgIpc) is 3.32. The molecule has 7 heteroatoms. The van der Waals surface area contributed by atoms with Gasteiger partial charge in [0.25, 0.3) is 5.91 Å². The molecule has 0 saturated carbocycles. The molecular weight excluding hydrogens is 486 g/mol. The molecule has 1 saturated heterocycles. The summed E-state index contributed by atoms with van der Waals surface area (Å²) >= 11 is 0. The van der Waals surface area contributed by atoms with Gasteiger partial charge in [-0.15, -0.1) is 0 Å². The second-order valence-electron chi connectivity index (χ2n) is 10.2. The Kier molecular flexibility index (Phi) is 8.59. The maximum Gasteiger partial charge on any atom is 0.254 e. The third-order valence-corrected chi connectivity index (χ3v) is 7.69. The molecule has 0 radical (unpaired) electrons. The van der Waals surface area contributed by atoms with E-state index in [1.54, 1.807) is 7.11 Å². The Morgan fingerprint density at radius 3 is 2.38 bits per heavy atom. The maximum atomic E-state index is 14.0. The SMILES string of the molecule is CCN1CCN(c2c(CN(CCCOC)C(=O)c3ccc4ccccc4c3)c(C)nn2-c2ccccc2)CC1. The smallest absolute Gasteiger partial charge is 0.254 e. The topological polar surface area (TPSA) is 53.8 Å². The summed E-state index contributed by atoms with van der Waals surface area (Å²) in [6.07, 6.45) is 0.770. The first-order chi connectivity index (χ1) is 19.1. The quantitative estimate of drug-likeness (QED) is 0.268. The number of likely N-dealkylation sites (N-methyl/N-ethyl adjacent to an activating group) is 1. The minimum absolute atomic E-state index is 0.0328. The molecule has 39 heavy (non-hydrogen) atoms. The lowest BCUT2D eigenvalue weighted by Gasteiger charge is -2.36. The summed E-state index contributed by atoms with van der Waals surface area (Å²) in [5, 5.41) is 7.22. The molecule has 1 amide bonds. The second kappa shape index (κ2) is 12.5. The molecule has 4 aromatic rings. The van der Waals surface area contributed by atoms with Crippen molar-refractivity contribution in [2.75, 3.05) is 57.9 Å². The Morgan fingerprint density at radius 1 is 0.949 bits per heavy atom. The number of ether oxygens (including phenoxy) is 1. The summed E-state index contributed by atoms with van der Waals surface area (Å²) in [6, 6.07) is 24.5. The fourth-order valence-corrected chi connectivity index (χ4v) is 5.43. The van der Waals surface area contributed by atoms with Crippen LogP contribution in [0.3, 0.4) is 0 Å². The van der Waals surface area contributed by atoms with Crippen LogP contribution in [0.25, 0.3) is 16.5 Å². The average molecular weight is 526 g/mol. The van der Waals surface area contributed by atoms with Crippen LogP contribution in [0.2, 0.25) is 0 Å². The van der Waals surface area contributed by atoms with Gasteiger partial charge in [-0.3, -0.25) is 4.79 Å². The fraction of sp³-hybridized carbons (Fsp3) is 0.375. The molecule has 3 aromatic carbocycles. The van der Waals surface area contributed by atoms with E-state index in [-0.39, 0.29) is 5.91 Å². The number of hydrogen-bond donors (Lipinski definition) is 0. The molecule has 0 atom stereocenters. The van der Waals surface area contributed by atoms with Crippen LogP contribution in [0.4, 0.5) is 5.82 Å². The third-order valence-electron chi connectivity index (χ3n) is 7.69. The Labute approximate surface area is 231 Å². The zero-order chi connectivity index (χ0) is 27.2. The highest BCUT2D eigenvalue weighted by Gasteiger charge is 2.28. The summed E-state index contributed by atoms with van der Waals surface area (Å²) in [5.41, 5.74) is 3.80. The second-order valence-corrected chi connectivity index (χ2v) is 10.2. The van der Waals surface area contributed by atoms with Gasteiger partial charge >= 0.3 is 0 Å². The van der Waals surface area contributed by atoms with Crippen LogP contribution in [-0.4, -0.2) is 78.5 Å². The van der Waals surface area contributed by atoms with Gasteiger partial charge in [-0.05, 0) is 54.9 Å². The molecule has 1 aromatic heterocycles. The highest BCUT2D eigenvalue weighted by Crippen LogP contribution is 2.30. The number of methoxy groups -OCH3 is 1. The highest BCUT2D eigenvalue weighted by molar-refractivity contribution is 5.98. The van der Waals surface area contributed by atoms with E-state index in [4.69, 9.17) is 9.84 Å². The van der Waals surface area contributed by atoms with Crippen molar-refractivity contribution in [1.82, 2.24) is 19.6 Å². The Hall–Kier alpha value is -3.68. The lowest BCUT2D eigenvalue weighted by Crippen LogP contribution is -2.47. The number of benzene rings is 3. The number of piperazine rings is 1. The summed E-state index contributed by atoms with van der Waals surface area (Å²) in [5.74, 6) is 1.13. The zero-order valence-corrected chi connectivity index (χ0v) is 23.3. The number of fused-ring (bicyclic) bond motifs is 1. The van der Waals surface area contributed by atoms with Crippen LogP contribution in [0.1, 0.15) is 35.0 Å². The van der Waals surface area contributed by atoms with Crippen LogP contribution < -0.4 is 4.90 Å². The molecule has 1 fully saturated rings. The van der Waals surface area contributed by atoms with Gasteiger partial charge in [0, 0.05) is 57.6 Å². The van der Waals surface area contributed by atoms with Gasteiger partial charge in [0.05, 0.1) is 17.9 Å². The molecule has 5 rings (SSSR count). The van der Waals surface area contributed by atoms with E-state index < -0.39 is 0 Å². The summed E-state index contributed by atoms with van der Waals surface area (Å²) < 4.78 is 7.41. The first kappa shape index (κ1) is 26.9. The number of para-hydroxylation sites is 1. The number of nitrogens with zero attached hydrogens (tertiary/aromatic N) is 5. The maximum absolute atomic E-state index is 14.0. The predicted octanol–water partition coefficient (Wildman–Crippen LogP) is 5.15. The number of hydrogen-bond acceptors (Lipinski definition) is 5. The van der Waals surface area contributed by atoms with Gasteiger partial charge < -0.3 is 19.4 Å². The molecule has 0 N–H and O–H groups in total. The molecule has 1 aliphatic rings. The van der Waals surface area contributed by atoms with Crippen LogP contribution >= 0.6 is 0 Å². The van der Waals surface area contributed by atoms with Crippen LogP contribution in [0, 0.1) is 6.92 Å². The van der Waals surface area contributed by atoms with Crippen molar-refractivity contribution in [3.05, 3.63) is 89.6 Å². The molecule has 0 spiro atoms. The van der Waals surface area contributed by atoms with E-state index in [2.05, 4.69) is 52.6 Å². The first-order valence-corrected chi connectivity index (χ1v) is 14.0. The van der Waals surface area contributed by atoms with E-state index in [1.165, 1.54) is 0 Å². The molecule has 204 valence electrons. The number of rotatable bonds is 10. The Bertz CT molecular complexity index is 1390. The Morgan fingerprint density at radius 2 is 1.67 bits per heavy atom. The number of carbonyl (C=O) groups is 1. The molecule has 0 aliphatic carbocycles. The van der Waals surface area contributed by atoms with Gasteiger partial charge in [-0.2, -0.15) is 5.10 Å². The van der Waals surface area contributed by atoms with E-state index >= 15 is 0 Å². The van der Waals surface area contributed by atoms with Crippen molar-refractivity contribution in [3.63, 3.8) is 0 Å². The summed E-state index contributed by atoms with van der Waals surface area (Å²) in [4.78, 5) is 20.9. The van der Waals surface area contributed by atoms with Crippen molar-refractivity contribution in [2.24, 2.45) is 0 Å². The van der Waals surface area contributed by atoms with Crippen molar-refractivity contribution in [1.29, 1.82) is 0 Å². The van der Waals surface area contributed by atoms with E-state index in [9.17, 15) is 4.79 Å². The summed E-state index contributed by atoms with van der Waals surface area (Å²) in [6.45, 7) is 11.0. The van der Waals surface area contributed by atoms with Gasteiger partial charge in [0.1, 0.15) is 5.82 Å². The van der Waals surface area contributed by atoms with Crippen molar-refractivity contribution in [3.8, 4) is 5.69 Å². The van der Waals surface area contributed by atoms with Crippen molar-refractivity contribution < 1.29 is 9.53 Å². The van der Waals surface area contributed by atoms with Gasteiger partial charge in [0.15, 0.2) is 0 Å². The number of carbonyl (C=O) groups excluding carboxylic acids is 1. The van der Waals surface area contributed by atoms with Crippen molar-refractivity contribution in [2.45, 2.75) is 26.8 Å². The number of anilines is 1. The van der Waals surface area contributed by atoms with E-state index in [1.807, 2.05) is 53.4 Å². The molecule has 0 unspecified atom stereocenters. The molecule has 1 aliphatic heterocycles. The van der Waals surface area contributed by atoms with Crippen LogP contribution in [0.15, 0.2) is 72.8 Å². The van der Waals surface area contributed by atoms with Gasteiger partial charge in [0.2, 0.25) is 0 Å². The molecule has 2 heterocycles. The van der Waals surface area contributed by atoms with Gasteiger partial charge in [-0.1, -0.05) is 55.5 Å². The minimum atomic E-state index is 0.0328. The first-order valence-electron chi connectivity index (χ1n) is 14.0. The lowest BCUT2D eigenvalue weighted by atomic mass is 10.1. The number of aromatic nitrogens is 2. The van der Waals surface area contributed by atoms with Crippen molar-refractivity contribution >= 4 is 22.5 Å². The molecule has 0 bridgehead atoms. The van der Waals surface area contributed by atoms with E-state index in [0.29, 0.717) is 25.3 Å². The monoisotopic (exact) mass is 525 g/mol. The lowest BCUT2D eigenvalue weighted by molar-refractivity contribution is 0.0723. The fourth-order valence-electron chi connectivity index (χ4n) is 5.43. The van der Waals surface area contributed by atoms with Gasteiger partial charge in [-0.25, -0.2) is 4.68 Å². The standard InChI is InChI=1S/C32H39N5O2/c1-4-34-18-20-35(21-19-34)31-30(25(2)33-37(31)29-13-6-5-7-14-29)24-36(17-10-22-39-3)32(38)28-16-15-26-11-8-9-12-27(26)23-28/h5-9,11-16,23H,4,10,17-22,24H2,1-3H3. The number of aryl methyl sites for hydroxylation is 1. The predicted molar refractivity (Wildman–Crippen MR) is 158 cm³/mol. The normalized spacial score (nSPS) is 14.2. The Balaban J connectivity index is 1.51. The van der Waals surface area contributed by atoms with Crippen LogP contribution in [-0.2, 0) is 11.3 Å².